The highest BCUT2D eigenvalue weighted by molar-refractivity contribution is 6.39. The Morgan fingerprint density at radius 3 is 2.58 bits per heavy atom. The fourth-order valence-electron chi connectivity index (χ4n) is 0.736. The average Bonchev–Trinajstić information content (AvgIpc) is 1.96. The van der Waals surface area contributed by atoms with Crippen LogP contribution in [0.1, 0.15) is 20.8 Å². The van der Waals surface area contributed by atoms with Crippen LogP contribution >= 0.6 is 0 Å². The van der Waals surface area contributed by atoms with Gasteiger partial charge in [0.2, 0.25) is 0 Å². The summed E-state index contributed by atoms with van der Waals surface area (Å²) in [5.74, 6) is 0.0568. The van der Waals surface area contributed by atoms with E-state index in [0.29, 0.717) is 12.3 Å². The number of ketones is 1. The Morgan fingerprint density at radius 2 is 2.25 bits per heavy atom. The van der Waals surface area contributed by atoms with Gasteiger partial charge in [-0.05, 0) is 0 Å². The van der Waals surface area contributed by atoms with Crippen molar-refractivity contribution in [2.24, 2.45) is 11.1 Å². The van der Waals surface area contributed by atoms with Crippen molar-refractivity contribution in [1.29, 1.82) is 0 Å². The lowest BCUT2D eigenvalue weighted by atomic mass is 10.1. The van der Waals surface area contributed by atoms with E-state index in [0.717, 1.165) is 0 Å². The molecule has 0 saturated carbocycles. The third-order valence-electron chi connectivity index (χ3n) is 1.26. The molecule has 0 aliphatic rings. The van der Waals surface area contributed by atoms with Crippen LogP contribution in [0.2, 0.25) is 0 Å². The molecule has 0 atom stereocenters. The second-order valence-corrected chi connectivity index (χ2v) is 2.77. The Labute approximate surface area is 73.1 Å². The van der Waals surface area contributed by atoms with Gasteiger partial charge in [-0.15, -0.1) is 0 Å². The van der Waals surface area contributed by atoms with Crippen molar-refractivity contribution in [3.8, 4) is 0 Å². The van der Waals surface area contributed by atoms with Gasteiger partial charge in [0, 0.05) is 12.8 Å². The highest BCUT2D eigenvalue weighted by Crippen LogP contribution is 1.99. The zero-order valence-electron chi connectivity index (χ0n) is 7.83. The largest absolute Gasteiger partial charge is 0.391 e. The van der Waals surface area contributed by atoms with Gasteiger partial charge < -0.3 is 4.84 Å². The standard InChI is InChI=1S/C9H15NO2/c1-5-6-12-10-9(7(2)3)8(4)11/h5,7H,1,6H2,2-4H3/b10-9+. The molecule has 0 unspecified atom stereocenters. The van der Waals surface area contributed by atoms with Crippen LogP contribution in [0, 0.1) is 5.92 Å². The number of Topliss-reactive ketones (excluding diaryl/α,β-unsaturated/α-hetero) is 1. The van der Waals surface area contributed by atoms with Crippen LogP contribution in [0.15, 0.2) is 17.8 Å². The number of carbonyl (C=O) groups is 1. The van der Waals surface area contributed by atoms with Crippen molar-refractivity contribution in [3.05, 3.63) is 12.7 Å². The second-order valence-electron chi connectivity index (χ2n) is 2.77. The minimum atomic E-state index is -0.0472. The van der Waals surface area contributed by atoms with Crippen molar-refractivity contribution in [2.45, 2.75) is 20.8 Å². The molecule has 0 rings (SSSR count). The van der Waals surface area contributed by atoms with Gasteiger partial charge in [0.05, 0.1) is 0 Å². The first-order valence-electron chi connectivity index (χ1n) is 3.91. The van der Waals surface area contributed by atoms with Crippen LogP contribution in [-0.2, 0) is 9.63 Å². The van der Waals surface area contributed by atoms with Crippen LogP contribution < -0.4 is 0 Å². The third-order valence-corrected chi connectivity index (χ3v) is 1.26. The summed E-state index contributed by atoms with van der Waals surface area (Å²) in [5.41, 5.74) is 0.469. The normalized spacial score (nSPS) is 11.5. The SMILES string of the molecule is C=CCO/N=C(/C(C)=O)C(C)C. The van der Waals surface area contributed by atoms with Crippen molar-refractivity contribution >= 4 is 11.5 Å². The van der Waals surface area contributed by atoms with Gasteiger partial charge in [0.15, 0.2) is 5.78 Å². The van der Waals surface area contributed by atoms with Gasteiger partial charge >= 0.3 is 0 Å². The summed E-state index contributed by atoms with van der Waals surface area (Å²) < 4.78 is 0. The van der Waals surface area contributed by atoms with Crippen LogP contribution in [-0.4, -0.2) is 18.1 Å². The van der Waals surface area contributed by atoms with E-state index in [1.807, 2.05) is 13.8 Å². The maximum Gasteiger partial charge on any atom is 0.177 e. The molecule has 3 nitrogen and oxygen atoms in total. The molecule has 0 aromatic heterocycles. The summed E-state index contributed by atoms with van der Waals surface area (Å²) in [6.45, 7) is 9.09. The Kier molecular flexibility index (Phi) is 5.00. The number of rotatable bonds is 5. The van der Waals surface area contributed by atoms with Crippen LogP contribution in [0.5, 0.6) is 0 Å². The van der Waals surface area contributed by atoms with Crippen molar-refractivity contribution in [2.75, 3.05) is 6.61 Å². The summed E-state index contributed by atoms with van der Waals surface area (Å²) in [6.07, 6.45) is 1.58. The molecular weight excluding hydrogens is 154 g/mol. The molecule has 0 aliphatic carbocycles. The molecule has 0 heterocycles. The number of oxime groups is 1. The van der Waals surface area contributed by atoms with Gasteiger partial charge in [0.1, 0.15) is 12.3 Å². The monoisotopic (exact) mass is 169 g/mol. The maximum atomic E-state index is 10.9. The molecule has 0 amide bonds. The lowest BCUT2D eigenvalue weighted by molar-refractivity contribution is -0.111. The number of nitrogens with zero attached hydrogens (tertiary/aromatic N) is 1. The van der Waals surface area contributed by atoms with E-state index in [-0.39, 0.29) is 11.7 Å². The summed E-state index contributed by atoms with van der Waals surface area (Å²) >= 11 is 0. The topological polar surface area (TPSA) is 38.7 Å². The van der Waals surface area contributed by atoms with E-state index in [1.165, 1.54) is 6.92 Å². The quantitative estimate of drug-likeness (QED) is 0.272. The lowest BCUT2D eigenvalue weighted by Crippen LogP contribution is -2.17. The van der Waals surface area contributed by atoms with E-state index in [9.17, 15) is 4.79 Å². The first kappa shape index (κ1) is 10.9. The summed E-state index contributed by atoms with van der Waals surface area (Å²) in [6, 6.07) is 0. The number of hydrogen-bond donors (Lipinski definition) is 0. The summed E-state index contributed by atoms with van der Waals surface area (Å²) in [5, 5.41) is 3.71. The zero-order chi connectivity index (χ0) is 9.56. The molecule has 12 heavy (non-hydrogen) atoms. The van der Waals surface area contributed by atoms with Gasteiger partial charge in [-0.2, -0.15) is 0 Å². The molecule has 68 valence electrons. The van der Waals surface area contributed by atoms with Crippen LogP contribution in [0.3, 0.4) is 0 Å². The predicted molar refractivity (Wildman–Crippen MR) is 49.1 cm³/mol. The molecule has 0 bridgehead atoms. The molecule has 0 aliphatic heterocycles. The van der Waals surface area contributed by atoms with E-state index < -0.39 is 0 Å². The first-order valence-corrected chi connectivity index (χ1v) is 3.91. The molecule has 0 spiro atoms. The minimum Gasteiger partial charge on any atom is -0.391 e. The molecule has 0 aromatic rings. The van der Waals surface area contributed by atoms with Gasteiger partial charge in [-0.25, -0.2) is 0 Å². The number of hydrogen-bond acceptors (Lipinski definition) is 3. The lowest BCUT2D eigenvalue weighted by Gasteiger charge is -2.04. The third kappa shape index (κ3) is 3.91. The van der Waals surface area contributed by atoms with E-state index >= 15 is 0 Å². The Morgan fingerprint density at radius 1 is 1.67 bits per heavy atom. The van der Waals surface area contributed by atoms with Crippen LogP contribution in [0.4, 0.5) is 0 Å². The zero-order valence-corrected chi connectivity index (χ0v) is 7.83. The van der Waals surface area contributed by atoms with Crippen LogP contribution in [0.25, 0.3) is 0 Å². The summed E-state index contributed by atoms with van der Waals surface area (Å²) in [4.78, 5) is 15.8. The van der Waals surface area contributed by atoms with Gasteiger partial charge in [-0.3, -0.25) is 4.79 Å². The highest BCUT2D eigenvalue weighted by Gasteiger charge is 2.10. The minimum absolute atomic E-state index is 0.0472. The average molecular weight is 169 g/mol. The highest BCUT2D eigenvalue weighted by atomic mass is 16.6. The van der Waals surface area contributed by atoms with Gasteiger partial charge in [0.25, 0.3) is 0 Å². The van der Waals surface area contributed by atoms with Crippen molar-refractivity contribution < 1.29 is 9.63 Å². The first-order chi connectivity index (χ1) is 5.59. The van der Waals surface area contributed by atoms with Crippen molar-refractivity contribution in [1.82, 2.24) is 0 Å². The molecular formula is C9H15NO2. The van der Waals surface area contributed by atoms with E-state index in [4.69, 9.17) is 4.84 Å². The smallest absolute Gasteiger partial charge is 0.177 e. The maximum absolute atomic E-state index is 10.9. The Balaban J connectivity index is 4.19. The summed E-state index contributed by atoms with van der Waals surface area (Å²) in [7, 11) is 0. The van der Waals surface area contributed by atoms with Crippen molar-refractivity contribution in [3.63, 3.8) is 0 Å². The fraction of sp³-hybridized carbons (Fsp3) is 0.556. The Hall–Kier alpha value is -1.12. The van der Waals surface area contributed by atoms with E-state index in [1.54, 1.807) is 6.08 Å². The predicted octanol–water partition coefficient (Wildman–Crippen LogP) is 1.79. The molecule has 0 fully saturated rings. The Bertz CT molecular complexity index is 195. The van der Waals surface area contributed by atoms with E-state index in [2.05, 4.69) is 11.7 Å². The second kappa shape index (κ2) is 5.52. The molecule has 3 heteroatoms. The molecule has 0 saturated heterocycles. The molecule has 0 N–H and O–H groups in total. The number of carbonyl (C=O) groups excluding carboxylic acids is 1. The van der Waals surface area contributed by atoms with Gasteiger partial charge in [-0.1, -0.05) is 31.7 Å². The molecule has 0 radical (unpaired) electrons. The molecule has 0 aromatic carbocycles. The fourth-order valence-corrected chi connectivity index (χ4v) is 0.736.